The van der Waals surface area contributed by atoms with Crippen molar-refractivity contribution in [3.8, 4) is 0 Å². The Kier molecular flexibility index (Phi) is 4.40. The summed E-state index contributed by atoms with van der Waals surface area (Å²) in [6.07, 6.45) is 2.66. The van der Waals surface area contributed by atoms with Crippen LogP contribution < -0.4 is 5.01 Å². The normalized spacial score (nSPS) is 19.7. The van der Waals surface area contributed by atoms with Gasteiger partial charge in [-0.1, -0.05) is 65.3 Å². The predicted octanol–water partition coefficient (Wildman–Crippen LogP) is 3.44. The molecule has 0 aromatic heterocycles. The monoisotopic (exact) mass is 418 g/mol. The molecule has 7 heteroatoms. The topological polar surface area (TPSA) is 60.7 Å². The zero-order chi connectivity index (χ0) is 20.7. The van der Waals surface area contributed by atoms with E-state index in [0.717, 1.165) is 15.6 Å². The number of amides is 1. The van der Waals surface area contributed by atoms with Crippen molar-refractivity contribution < 1.29 is 17.9 Å². The maximum Gasteiger partial charge on any atom is 0.274 e. The molecule has 0 N–H and O–H groups in total. The van der Waals surface area contributed by atoms with Crippen molar-refractivity contribution >= 4 is 27.8 Å². The molecule has 1 unspecified atom stereocenters. The first-order valence-electron chi connectivity index (χ1n) is 9.72. The quantitative estimate of drug-likeness (QED) is 0.609. The smallest absolute Gasteiger partial charge is 0.268 e. The second-order valence-electron chi connectivity index (χ2n) is 7.26. The summed E-state index contributed by atoms with van der Waals surface area (Å²) in [5.74, 6) is -0.491. The van der Waals surface area contributed by atoms with Gasteiger partial charge in [0.05, 0.1) is 17.7 Å². The van der Waals surface area contributed by atoms with Gasteiger partial charge in [-0.2, -0.15) is 4.31 Å². The Hall–Kier alpha value is -3.45. The molecule has 0 saturated heterocycles. The highest BCUT2D eigenvalue weighted by Crippen LogP contribution is 2.35. The van der Waals surface area contributed by atoms with Gasteiger partial charge < -0.3 is 0 Å². The van der Waals surface area contributed by atoms with Crippen LogP contribution in [-0.2, 0) is 10.0 Å². The first-order chi connectivity index (χ1) is 14.6. The van der Waals surface area contributed by atoms with Gasteiger partial charge in [0.25, 0.3) is 22.6 Å². The molecule has 0 spiro atoms. The molecule has 0 bridgehead atoms. The van der Waals surface area contributed by atoms with Crippen molar-refractivity contribution in [2.45, 2.75) is 17.4 Å². The number of anilines is 1. The first kappa shape index (κ1) is 18.6. The Bertz CT molecular complexity index is 1240. The van der Waals surface area contributed by atoms with E-state index < -0.39 is 15.9 Å². The van der Waals surface area contributed by atoms with Crippen LogP contribution >= 0.6 is 0 Å². The molecule has 2 aliphatic rings. The molecule has 2 heterocycles. The van der Waals surface area contributed by atoms with E-state index in [1.165, 1.54) is 6.07 Å². The van der Waals surface area contributed by atoms with E-state index in [4.69, 9.17) is 0 Å². The summed E-state index contributed by atoms with van der Waals surface area (Å²) in [7, 11) is -3.88. The van der Waals surface area contributed by atoms with E-state index in [-0.39, 0.29) is 23.2 Å². The van der Waals surface area contributed by atoms with Crippen molar-refractivity contribution in [2.24, 2.45) is 0 Å². The van der Waals surface area contributed by atoms with Crippen LogP contribution in [0.4, 0.5) is 5.69 Å². The highest BCUT2D eigenvalue weighted by molar-refractivity contribution is 7.90. The lowest BCUT2D eigenvalue weighted by Gasteiger charge is -2.25. The Labute approximate surface area is 175 Å². The predicted molar refractivity (Wildman–Crippen MR) is 114 cm³/mol. The number of hydrogen-bond acceptors (Lipinski definition) is 4. The number of nitrogens with zero attached hydrogens (tertiary/aromatic N) is 3. The molecule has 150 valence electrons. The van der Waals surface area contributed by atoms with Gasteiger partial charge in [-0.3, -0.25) is 4.79 Å². The molecular weight excluding hydrogens is 398 g/mol. The molecule has 6 nitrogen and oxygen atoms in total. The molecule has 3 aromatic rings. The van der Waals surface area contributed by atoms with E-state index in [1.54, 1.807) is 18.2 Å². The van der Waals surface area contributed by atoms with Gasteiger partial charge in [0.2, 0.25) is 0 Å². The molecule has 5 rings (SSSR count). The van der Waals surface area contributed by atoms with E-state index >= 15 is 0 Å². The summed E-state index contributed by atoms with van der Waals surface area (Å²) >= 11 is 0. The van der Waals surface area contributed by atoms with Gasteiger partial charge in [0.1, 0.15) is 10.9 Å². The van der Waals surface area contributed by atoms with Crippen LogP contribution in [0.3, 0.4) is 0 Å². The average molecular weight is 418 g/mol. The lowest BCUT2D eigenvalue weighted by molar-refractivity contribution is -0.545. The molecule has 1 amide bonds. The maximum absolute atomic E-state index is 13.0. The molecule has 0 saturated carbocycles. The summed E-state index contributed by atoms with van der Waals surface area (Å²) in [4.78, 5) is 13.0. The number of para-hydroxylation sites is 1. The molecule has 0 fully saturated rings. The third kappa shape index (κ3) is 2.90. The van der Waals surface area contributed by atoms with Crippen molar-refractivity contribution in [3.63, 3.8) is 0 Å². The van der Waals surface area contributed by atoms with Gasteiger partial charge in [0, 0.05) is 0 Å². The highest BCUT2D eigenvalue weighted by atomic mass is 32.2. The minimum absolute atomic E-state index is 0.0105. The number of carbonyl (C=O) groups is 1. The summed E-state index contributed by atoms with van der Waals surface area (Å²) in [6, 6.07) is 26.2. The minimum atomic E-state index is -3.88. The fourth-order valence-electron chi connectivity index (χ4n) is 4.08. The number of carbonyl (C=O) groups excluding carboxylic acids is 1. The Balaban J connectivity index is 1.52. The van der Waals surface area contributed by atoms with Crippen molar-refractivity contribution in [1.29, 1.82) is 0 Å². The standard InChI is InChI=1S/C23H20N3O3S/c27-23-20-13-7-8-14-22(20)30(28,29)25(23)17-24-16-15-21(18-9-3-1-4-10-18)26(24)19-11-5-2-6-12-19/h1-14,16,21H,15,17H2/q+1. The first-order valence-corrected chi connectivity index (χ1v) is 11.2. The van der Waals surface area contributed by atoms with Gasteiger partial charge in [0.15, 0.2) is 6.21 Å². The van der Waals surface area contributed by atoms with Crippen LogP contribution in [-0.4, -0.2) is 36.2 Å². The molecule has 2 aliphatic heterocycles. The molecule has 1 atom stereocenters. The third-order valence-corrected chi connectivity index (χ3v) is 7.28. The molecule has 0 radical (unpaired) electrons. The third-order valence-electron chi connectivity index (χ3n) is 5.50. The molecule has 3 aromatic carbocycles. The number of hydrogen-bond donors (Lipinski definition) is 0. The minimum Gasteiger partial charge on any atom is -0.268 e. The SMILES string of the molecule is O=C1c2ccccc2S(=O)(=O)N1C[N+]1=CCC(c2ccccc2)N1c1ccccc1. The van der Waals surface area contributed by atoms with Crippen LogP contribution in [0.25, 0.3) is 0 Å². The molecule has 0 aliphatic carbocycles. The number of hydrazine groups is 1. The van der Waals surface area contributed by atoms with Crippen LogP contribution in [0.1, 0.15) is 28.4 Å². The van der Waals surface area contributed by atoms with Crippen molar-refractivity contribution in [1.82, 2.24) is 4.31 Å². The summed E-state index contributed by atoms with van der Waals surface area (Å²) in [6.45, 7) is -0.0753. The summed E-state index contributed by atoms with van der Waals surface area (Å²) in [5.41, 5.74) is 2.28. The summed E-state index contributed by atoms with van der Waals surface area (Å²) < 4.78 is 28.8. The zero-order valence-electron chi connectivity index (χ0n) is 16.1. The Morgan fingerprint density at radius 3 is 2.20 bits per heavy atom. The largest absolute Gasteiger partial charge is 0.274 e. The Morgan fingerprint density at radius 2 is 1.50 bits per heavy atom. The molecular formula is C23H20N3O3S+. The second-order valence-corrected chi connectivity index (χ2v) is 9.09. The number of fused-ring (bicyclic) bond motifs is 1. The fourth-order valence-corrected chi connectivity index (χ4v) is 5.59. The van der Waals surface area contributed by atoms with Crippen LogP contribution in [0.2, 0.25) is 0 Å². The number of rotatable bonds is 4. The van der Waals surface area contributed by atoms with Crippen molar-refractivity contribution in [2.75, 3.05) is 11.7 Å². The van der Waals surface area contributed by atoms with Gasteiger partial charge in [-0.15, -0.1) is 5.01 Å². The van der Waals surface area contributed by atoms with Gasteiger partial charge in [-0.25, -0.2) is 8.42 Å². The number of sulfonamides is 1. The van der Waals surface area contributed by atoms with E-state index in [2.05, 4.69) is 17.1 Å². The van der Waals surface area contributed by atoms with Gasteiger partial charge in [-0.05, 0) is 29.8 Å². The lowest BCUT2D eigenvalue weighted by Crippen LogP contribution is -2.43. The summed E-state index contributed by atoms with van der Waals surface area (Å²) in [5, 5.41) is 2.06. The fraction of sp³-hybridized carbons (Fsp3) is 0.130. The van der Waals surface area contributed by atoms with Crippen LogP contribution in [0, 0.1) is 0 Å². The zero-order valence-corrected chi connectivity index (χ0v) is 16.9. The number of hydrazone groups is 1. The van der Waals surface area contributed by atoms with Crippen molar-refractivity contribution in [3.05, 3.63) is 96.1 Å². The van der Waals surface area contributed by atoms with E-state index in [9.17, 15) is 13.2 Å². The average Bonchev–Trinajstić information content (AvgIpc) is 3.29. The highest BCUT2D eigenvalue weighted by Gasteiger charge is 2.46. The van der Waals surface area contributed by atoms with Crippen LogP contribution in [0.5, 0.6) is 0 Å². The van der Waals surface area contributed by atoms with Crippen LogP contribution in [0.15, 0.2) is 89.8 Å². The van der Waals surface area contributed by atoms with E-state index in [1.807, 2.05) is 59.4 Å². The second kappa shape index (κ2) is 7.11. The lowest BCUT2D eigenvalue weighted by atomic mass is 10.0. The Morgan fingerprint density at radius 1 is 0.867 bits per heavy atom. The van der Waals surface area contributed by atoms with E-state index in [0.29, 0.717) is 6.42 Å². The maximum atomic E-state index is 13.0. The van der Waals surface area contributed by atoms with Gasteiger partial charge >= 0.3 is 0 Å². The number of benzene rings is 3. The molecule has 30 heavy (non-hydrogen) atoms.